The van der Waals surface area contributed by atoms with Gasteiger partial charge in [-0.1, -0.05) is 12.1 Å². The lowest BCUT2D eigenvalue weighted by Gasteiger charge is -2.20. The molecule has 0 unspecified atom stereocenters. The molecule has 1 N–H and O–H groups in total. The van der Waals surface area contributed by atoms with E-state index in [1.165, 1.54) is 49.7 Å². The summed E-state index contributed by atoms with van der Waals surface area (Å²) in [4.78, 5) is 16.0. The minimum atomic E-state index is -3.64. The maximum absolute atomic E-state index is 13.1. The zero-order chi connectivity index (χ0) is 22.1. The molecule has 0 bridgehead atoms. The number of hydrogen-bond donors (Lipinski definition) is 1. The molecule has 2 aromatic carbocycles. The highest BCUT2D eigenvalue weighted by molar-refractivity contribution is 7.89. The van der Waals surface area contributed by atoms with Gasteiger partial charge in [0.05, 0.1) is 21.1 Å². The molecule has 1 amide bonds. The molecule has 0 fully saturated rings. The van der Waals surface area contributed by atoms with E-state index in [9.17, 15) is 17.6 Å². The first-order valence-corrected chi connectivity index (χ1v) is 11.3. The first kappa shape index (κ1) is 21.9. The van der Waals surface area contributed by atoms with Gasteiger partial charge in [0.15, 0.2) is 0 Å². The Hall–Kier alpha value is -2.75. The highest BCUT2D eigenvalue weighted by Gasteiger charge is 2.21. The Balaban J connectivity index is 1.91. The van der Waals surface area contributed by atoms with E-state index in [0.29, 0.717) is 16.3 Å². The van der Waals surface area contributed by atoms with Gasteiger partial charge in [-0.2, -0.15) is 0 Å². The maximum Gasteiger partial charge on any atom is 0.265 e. The molecular weight excluding hydrogens is 425 g/mol. The molecule has 1 heterocycles. The van der Waals surface area contributed by atoms with E-state index < -0.39 is 10.0 Å². The molecule has 6 nitrogen and oxygen atoms in total. The average Bonchev–Trinajstić information content (AvgIpc) is 3.18. The summed E-state index contributed by atoms with van der Waals surface area (Å²) in [5, 5.41) is 2.82. The molecule has 30 heavy (non-hydrogen) atoms. The summed E-state index contributed by atoms with van der Waals surface area (Å²) in [5.74, 6) is -0.673. The first-order valence-electron chi connectivity index (χ1n) is 9.00. The van der Waals surface area contributed by atoms with Crippen molar-refractivity contribution in [2.75, 3.05) is 38.4 Å². The minimum absolute atomic E-state index is 0.0894. The number of amides is 1. The molecule has 0 aliphatic rings. The molecule has 0 spiro atoms. The number of halogens is 1. The SMILES string of the molecule is CN(C)c1ccc(S(=O)(=O)N(C)C)cc1NC(=O)c1ccc(-c2ccc(F)cc2)s1. The fraction of sp³-hybridized carbons (Fsp3) is 0.190. The topological polar surface area (TPSA) is 69.7 Å². The summed E-state index contributed by atoms with van der Waals surface area (Å²) in [5.41, 5.74) is 1.88. The summed E-state index contributed by atoms with van der Waals surface area (Å²) in [6.07, 6.45) is 0. The lowest BCUT2D eigenvalue weighted by Crippen LogP contribution is -2.23. The van der Waals surface area contributed by atoms with Gasteiger partial charge in [-0.3, -0.25) is 4.79 Å². The van der Waals surface area contributed by atoms with Crippen molar-refractivity contribution in [3.05, 3.63) is 65.3 Å². The van der Waals surface area contributed by atoms with E-state index in [4.69, 9.17) is 0 Å². The Labute approximate surface area is 179 Å². The lowest BCUT2D eigenvalue weighted by atomic mass is 10.2. The molecule has 0 aliphatic heterocycles. The Morgan fingerprint density at radius 1 is 0.967 bits per heavy atom. The smallest absolute Gasteiger partial charge is 0.265 e. The van der Waals surface area contributed by atoms with Crippen LogP contribution in [0.2, 0.25) is 0 Å². The second-order valence-corrected chi connectivity index (χ2v) is 10.2. The zero-order valence-electron chi connectivity index (χ0n) is 17.0. The number of sulfonamides is 1. The monoisotopic (exact) mass is 447 g/mol. The number of anilines is 2. The number of thiophene rings is 1. The maximum atomic E-state index is 13.1. The molecule has 3 aromatic rings. The van der Waals surface area contributed by atoms with Crippen LogP contribution in [0.4, 0.5) is 15.8 Å². The molecule has 0 saturated carbocycles. The van der Waals surface area contributed by atoms with Crippen molar-refractivity contribution >= 4 is 38.6 Å². The molecule has 3 rings (SSSR count). The van der Waals surface area contributed by atoms with Gasteiger partial charge in [0, 0.05) is 33.1 Å². The van der Waals surface area contributed by atoms with Crippen LogP contribution in [0.25, 0.3) is 10.4 Å². The first-order chi connectivity index (χ1) is 14.1. The average molecular weight is 448 g/mol. The van der Waals surface area contributed by atoms with Gasteiger partial charge < -0.3 is 10.2 Å². The lowest BCUT2D eigenvalue weighted by molar-refractivity contribution is 0.103. The number of benzene rings is 2. The summed E-state index contributed by atoms with van der Waals surface area (Å²) in [6, 6.07) is 14.2. The van der Waals surface area contributed by atoms with Gasteiger partial charge in [-0.05, 0) is 48.0 Å². The van der Waals surface area contributed by atoms with Gasteiger partial charge in [-0.25, -0.2) is 17.1 Å². The van der Waals surface area contributed by atoms with Crippen LogP contribution in [0.15, 0.2) is 59.5 Å². The summed E-state index contributed by atoms with van der Waals surface area (Å²) in [6.45, 7) is 0. The second kappa shape index (κ2) is 8.55. The number of nitrogens with zero attached hydrogens (tertiary/aromatic N) is 2. The van der Waals surface area contributed by atoms with E-state index in [0.717, 1.165) is 14.7 Å². The van der Waals surface area contributed by atoms with Crippen molar-refractivity contribution in [1.29, 1.82) is 0 Å². The number of carbonyl (C=O) groups is 1. The quantitative estimate of drug-likeness (QED) is 0.617. The third-order valence-electron chi connectivity index (χ3n) is 4.44. The second-order valence-electron chi connectivity index (χ2n) is 6.99. The summed E-state index contributed by atoms with van der Waals surface area (Å²) < 4.78 is 39.2. The molecule has 9 heteroatoms. The molecule has 0 aliphatic carbocycles. The highest BCUT2D eigenvalue weighted by Crippen LogP contribution is 2.32. The Morgan fingerprint density at radius 3 is 2.23 bits per heavy atom. The Morgan fingerprint density at radius 2 is 1.63 bits per heavy atom. The van der Waals surface area contributed by atoms with Gasteiger partial charge in [0.25, 0.3) is 5.91 Å². The van der Waals surface area contributed by atoms with E-state index in [2.05, 4.69) is 5.32 Å². The standard InChI is InChI=1S/C21H22FN3O3S2/c1-24(2)18-10-9-16(30(27,28)25(3)4)13-17(18)23-21(26)20-12-11-19(29-20)14-5-7-15(22)8-6-14/h5-13H,1-4H3,(H,23,26). The Bertz CT molecular complexity index is 1170. The van der Waals surface area contributed by atoms with Gasteiger partial charge >= 0.3 is 0 Å². The summed E-state index contributed by atoms with van der Waals surface area (Å²) >= 11 is 1.27. The molecule has 0 atom stereocenters. The number of hydrogen-bond acceptors (Lipinski definition) is 5. The summed E-state index contributed by atoms with van der Waals surface area (Å²) in [7, 11) is 2.88. The predicted molar refractivity (Wildman–Crippen MR) is 119 cm³/mol. The fourth-order valence-corrected chi connectivity index (χ4v) is 4.62. The molecule has 158 valence electrons. The van der Waals surface area contributed by atoms with Crippen molar-refractivity contribution in [3.63, 3.8) is 0 Å². The van der Waals surface area contributed by atoms with Crippen LogP contribution < -0.4 is 10.2 Å². The number of carbonyl (C=O) groups excluding carboxylic acids is 1. The third-order valence-corrected chi connectivity index (χ3v) is 7.38. The highest BCUT2D eigenvalue weighted by atomic mass is 32.2. The predicted octanol–water partition coefficient (Wildman–Crippen LogP) is 4.12. The minimum Gasteiger partial charge on any atom is -0.376 e. The molecule has 0 radical (unpaired) electrons. The van der Waals surface area contributed by atoms with Crippen LogP contribution >= 0.6 is 11.3 Å². The van der Waals surface area contributed by atoms with Crippen molar-refractivity contribution in [3.8, 4) is 10.4 Å². The number of nitrogens with one attached hydrogen (secondary N) is 1. The van der Waals surface area contributed by atoms with Crippen molar-refractivity contribution < 1.29 is 17.6 Å². The Kier molecular flexibility index (Phi) is 6.25. The van der Waals surface area contributed by atoms with Crippen LogP contribution in [0.3, 0.4) is 0 Å². The van der Waals surface area contributed by atoms with Crippen molar-refractivity contribution in [2.24, 2.45) is 0 Å². The zero-order valence-corrected chi connectivity index (χ0v) is 18.6. The normalized spacial score (nSPS) is 11.5. The van der Waals surface area contributed by atoms with E-state index in [1.54, 1.807) is 35.2 Å². The van der Waals surface area contributed by atoms with Gasteiger partial charge in [0.2, 0.25) is 10.0 Å². The largest absolute Gasteiger partial charge is 0.376 e. The van der Waals surface area contributed by atoms with E-state index >= 15 is 0 Å². The van der Waals surface area contributed by atoms with Gasteiger partial charge in [0.1, 0.15) is 5.82 Å². The van der Waals surface area contributed by atoms with Crippen molar-refractivity contribution in [1.82, 2.24) is 4.31 Å². The van der Waals surface area contributed by atoms with E-state index in [-0.39, 0.29) is 16.6 Å². The molecule has 1 aromatic heterocycles. The van der Waals surface area contributed by atoms with Crippen LogP contribution in [0, 0.1) is 5.82 Å². The third kappa shape index (κ3) is 4.53. The van der Waals surface area contributed by atoms with Crippen molar-refractivity contribution in [2.45, 2.75) is 4.90 Å². The van der Waals surface area contributed by atoms with Crippen LogP contribution in [0.1, 0.15) is 9.67 Å². The van der Waals surface area contributed by atoms with Crippen LogP contribution in [-0.2, 0) is 10.0 Å². The number of rotatable bonds is 6. The van der Waals surface area contributed by atoms with Crippen LogP contribution in [-0.4, -0.2) is 46.8 Å². The van der Waals surface area contributed by atoms with Crippen LogP contribution in [0.5, 0.6) is 0 Å². The molecule has 0 saturated heterocycles. The fourth-order valence-electron chi connectivity index (χ4n) is 2.79. The van der Waals surface area contributed by atoms with Gasteiger partial charge in [-0.15, -0.1) is 11.3 Å². The molecular formula is C21H22FN3O3S2. The van der Waals surface area contributed by atoms with E-state index in [1.807, 2.05) is 14.1 Å².